The molecule has 0 aliphatic rings. The summed E-state index contributed by atoms with van der Waals surface area (Å²) in [5, 5.41) is 10.9. The molecule has 0 unspecified atom stereocenters. The molecule has 0 saturated carbocycles. The van der Waals surface area contributed by atoms with Crippen LogP contribution in [-0.4, -0.2) is 25.6 Å². The molecule has 18 heavy (non-hydrogen) atoms. The maximum absolute atomic E-state index is 13.5. The normalized spacial score (nSPS) is 10.0. The fourth-order valence-electron chi connectivity index (χ4n) is 1.63. The van der Waals surface area contributed by atoms with E-state index in [1.807, 2.05) is 6.92 Å². The van der Waals surface area contributed by atoms with Crippen molar-refractivity contribution in [3.8, 4) is 5.75 Å². The van der Waals surface area contributed by atoms with Gasteiger partial charge in [0.05, 0.1) is 18.1 Å². The number of methoxy groups -OCH3 is 1. The number of ether oxygens (including phenoxy) is 1. The lowest BCUT2D eigenvalue weighted by atomic mass is 10.2. The van der Waals surface area contributed by atoms with Crippen LogP contribution in [0.15, 0.2) is 24.3 Å². The van der Waals surface area contributed by atoms with Crippen molar-refractivity contribution in [3.63, 3.8) is 0 Å². The second-order valence-electron chi connectivity index (χ2n) is 4.05. The number of nitro groups is 1. The summed E-state index contributed by atoms with van der Waals surface area (Å²) in [4.78, 5) is 11.9. The summed E-state index contributed by atoms with van der Waals surface area (Å²) in [7, 11) is 2.99. The van der Waals surface area contributed by atoms with Crippen LogP contribution < -0.4 is 9.64 Å². The van der Waals surface area contributed by atoms with Crippen LogP contribution in [0.1, 0.15) is 6.92 Å². The first-order valence-electron chi connectivity index (χ1n) is 5.24. The zero-order valence-electron chi connectivity index (χ0n) is 10.6. The second kappa shape index (κ2) is 5.48. The molecule has 98 valence electrons. The maximum Gasteiger partial charge on any atom is 0.295 e. The predicted octanol–water partition coefficient (Wildman–Crippen LogP) is 2.75. The largest absolute Gasteiger partial charge is 0.494 e. The van der Waals surface area contributed by atoms with Crippen LogP contribution in [0.25, 0.3) is 0 Å². The molecule has 0 aliphatic carbocycles. The molecule has 0 spiro atoms. The van der Waals surface area contributed by atoms with Crippen molar-refractivity contribution in [2.45, 2.75) is 6.92 Å². The van der Waals surface area contributed by atoms with Crippen LogP contribution in [0.2, 0.25) is 0 Å². The van der Waals surface area contributed by atoms with Gasteiger partial charge in [-0.2, -0.15) is 0 Å². The topological polar surface area (TPSA) is 55.6 Å². The smallest absolute Gasteiger partial charge is 0.295 e. The fraction of sp³-hybridized carbons (Fsp3) is 0.333. The van der Waals surface area contributed by atoms with Crippen molar-refractivity contribution in [1.29, 1.82) is 0 Å². The molecule has 0 fully saturated rings. The summed E-state index contributed by atoms with van der Waals surface area (Å²) >= 11 is 0. The first-order valence-corrected chi connectivity index (χ1v) is 5.24. The fourth-order valence-corrected chi connectivity index (χ4v) is 1.63. The van der Waals surface area contributed by atoms with Crippen LogP contribution in [0.5, 0.6) is 5.75 Å². The number of hydrogen-bond donors (Lipinski definition) is 0. The molecule has 0 amide bonds. The van der Waals surface area contributed by atoms with Crippen molar-refractivity contribution in [3.05, 3.63) is 40.2 Å². The minimum Gasteiger partial charge on any atom is -0.494 e. The number of nitrogens with zero attached hydrogens (tertiary/aromatic N) is 2. The molecule has 0 atom stereocenters. The van der Waals surface area contributed by atoms with E-state index in [0.29, 0.717) is 12.2 Å². The van der Waals surface area contributed by atoms with Gasteiger partial charge in [0.1, 0.15) is 5.69 Å². The Labute approximate surface area is 105 Å². The minimum absolute atomic E-state index is 0.0239. The van der Waals surface area contributed by atoms with Gasteiger partial charge in [0.15, 0.2) is 11.6 Å². The molecule has 0 saturated heterocycles. The molecule has 0 radical (unpaired) electrons. The van der Waals surface area contributed by atoms with Gasteiger partial charge in [0.2, 0.25) is 0 Å². The van der Waals surface area contributed by atoms with Crippen molar-refractivity contribution >= 4 is 11.4 Å². The van der Waals surface area contributed by atoms with Gasteiger partial charge in [0.25, 0.3) is 5.69 Å². The zero-order chi connectivity index (χ0) is 13.9. The van der Waals surface area contributed by atoms with E-state index in [-0.39, 0.29) is 11.4 Å². The maximum atomic E-state index is 13.5. The van der Waals surface area contributed by atoms with Gasteiger partial charge in [0, 0.05) is 19.7 Å². The van der Waals surface area contributed by atoms with Crippen molar-refractivity contribution in [2.75, 3.05) is 25.6 Å². The average molecular weight is 254 g/mol. The van der Waals surface area contributed by atoms with Gasteiger partial charge in [-0.3, -0.25) is 10.1 Å². The Balaban J connectivity index is 3.29. The highest BCUT2D eigenvalue weighted by Gasteiger charge is 2.21. The highest BCUT2D eigenvalue weighted by atomic mass is 19.1. The minimum atomic E-state index is -0.753. The number of nitro benzene ring substituents is 1. The third-order valence-electron chi connectivity index (χ3n) is 2.36. The molecule has 1 rings (SSSR count). The van der Waals surface area contributed by atoms with Crippen molar-refractivity contribution in [2.24, 2.45) is 0 Å². The van der Waals surface area contributed by atoms with E-state index in [9.17, 15) is 14.5 Å². The van der Waals surface area contributed by atoms with E-state index in [1.54, 1.807) is 11.9 Å². The summed E-state index contributed by atoms with van der Waals surface area (Å²) < 4.78 is 18.3. The standard InChI is InChI=1S/C12H15FN2O3/c1-8(2)7-14(3)10-6-12(18-4)9(13)5-11(10)15(16)17/h5-6H,1,7H2,2-4H3. The Morgan fingerprint density at radius 3 is 2.67 bits per heavy atom. The Morgan fingerprint density at radius 2 is 2.22 bits per heavy atom. The lowest BCUT2D eigenvalue weighted by Crippen LogP contribution is -2.20. The van der Waals surface area contributed by atoms with E-state index >= 15 is 0 Å². The van der Waals surface area contributed by atoms with Gasteiger partial charge in [-0.1, -0.05) is 12.2 Å². The Hall–Kier alpha value is -2.11. The first-order chi connectivity index (χ1) is 8.36. The molecular formula is C12H15FN2O3. The lowest BCUT2D eigenvalue weighted by Gasteiger charge is -2.19. The van der Waals surface area contributed by atoms with E-state index in [2.05, 4.69) is 6.58 Å². The van der Waals surface area contributed by atoms with E-state index in [1.165, 1.54) is 13.2 Å². The molecule has 0 heterocycles. The van der Waals surface area contributed by atoms with Crippen LogP contribution >= 0.6 is 0 Å². The average Bonchev–Trinajstić information content (AvgIpc) is 2.27. The van der Waals surface area contributed by atoms with Crippen molar-refractivity contribution in [1.82, 2.24) is 0 Å². The number of anilines is 1. The molecule has 0 bridgehead atoms. The number of rotatable bonds is 5. The lowest BCUT2D eigenvalue weighted by molar-refractivity contribution is -0.384. The van der Waals surface area contributed by atoms with Crippen LogP contribution in [0.4, 0.5) is 15.8 Å². The third-order valence-corrected chi connectivity index (χ3v) is 2.36. The predicted molar refractivity (Wildman–Crippen MR) is 67.7 cm³/mol. The molecule has 5 nitrogen and oxygen atoms in total. The highest BCUT2D eigenvalue weighted by Crippen LogP contribution is 2.34. The Bertz CT molecular complexity index is 488. The molecule has 0 N–H and O–H groups in total. The van der Waals surface area contributed by atoms with E-state index < -0.39 is 10.7 Å². The molecule has 0 aromatic heterocycles. The van der Waals surface area contributed by atoms with Gasteiger partial charge in [-0.05, 0) is 6.92 Å². The number of hydrogen-bond acceptors (Lipinski definition) is 4. The summed E-state index contributed by atoms with van der Waals surface area (Å²) in [6.07, 6.45) is 0. The van der Waals surface area contributed by atoms with Crippen molar-refractivity contribution < 1.29 is 14.1 Å². The Kier molecular flexibility index (Phi) is 4.25. The Morgan fingerprint density at radius 1 is 1.61 bits per heavy atom. The summed E-state index contributed by atoms with van der Waals surface area (Å²) in [5.41, 5.74) is 0.841. The van der Waals surface area contributed by atoms with Gasteiger partial charge < -0.3 is 9.64 Å². The van der Waals surface area contributed by atoms with Crippen LogP contribution in [0.3, 0.4) is 0 Å². The quantitative estimate of drug-likeness (QED) is 0.460. The second-order valence-corrected chi connectivity index (χ2v) is 4.05. The monoisotopic (exact) mass is 254 g/mol. The molecule has 1 aromatic rings. The molecular weight excluding hydrogens is 239 g/mol. The summed E-state index contributed by atoms with van der Waals surface area (Å²) in [5.74, 6) is -0.777. The SMILES string of the molecule is C=C(C)CN(C)c1cc(OC)c(F)cc1[N+](=O)[O-]. The van der Waals surface area contributed by atoms with Gasteiger partial charge in [-0.25, -0.2) is 4.39 Å². The molecule has 0 aliphatic heterocycles. The first kappa shape index (κ1) is 14.0. The van der Waals surface area contributed by atoms with Gasteiger partial charge in [-0.15, -0.1) is 0 Å². The number of halogens is 1. The number of likely N-dealkylation sites (N-methyl/N-ethyl adjacent to an activating group) is 1. The van der Waals surface area contributed by atoms with Gasteiger partial charge >= 0.3 is 0 Å². The molecule has 1 aromatic carbocycles. The summed E-state index contributed by atoms with van der Waals surface area (Å²) in [6.45, 7) is 5.99. The third kappa shape index (κ3) is 2.97. The van der Waals surface area contributed by atoms with E-state index in [0.717, 1.165) is 11.6 Å². The zero-order valence-corrected chi connectivity index (χ0v) is 10.6. The van der Waals surface area contributed by atoms with Crippen LogP contribution in [0, 0.1) is 15.9 Å². The van der Waals surface area contributed by atoms with E-state index in [4.69, 9.17) is 4.74 Å². The van der Waals surface area contributed by atoms with Crippen LogP contribution in [-0.2, 0) is 0 Å². The summed E-state index contributed by atoms with van der Waals surface area (Å²) in [6, 6.07) is 2.18. The number of benzene rings is 1. The highest BCUT2D eigenvalue weighted by molar-refractivity contribution is 5.66. The molecule has 6 heteroatoms.